The molecule has 0 amide bonds. The summed E-state index contributed by atoms with van der Waals surface area (Å²) < 4.78 is 31.6. The molecule has 0 heterocycles. The Morgan fingerprint density at radius 1 is 1.50 bits per heavy atom. The van der Waals surface area contributed by atoms with Crippen molar-refractivity contribution in [3.05, 3.63) is 0 Å². The molecule has 0 spiro atoms. The van der Waals surface area contributed by atoms with Crippen molar-refractivity contribution in [2.24, 2.45) is 5.73 Å². The zero-order chi connectivity index (χ0) is 9.65. The maximum Gasteiger partial charge on any atom is 1.00 e. The first kappa shape index (κ1) is 18.7. The number of aliphatic carboxylic acids is 1. The maximum atomic E-state index is 9.46. The minimum Gasteiger partial charge on any atom is -0.548 e. The van der Waals surface area contributed by atoms with Crippen LogP contribution < -0.4 is 62.2 Å². The molecule has 9 heteroatoms. The van der Waals surface area contributed by atoms with Crippen molar-refractivity contribution in [2.45, 2.75) is 13.0 Å². The Bertz CT molecular complexity index is 203. The third-order valence-corrected chi connectivity index (χ3v) is 0.372. The van der Waals surface area contributed by atoms with Gasteiger partial charge in [-0.2, -0.15) is 8.42 Å². The van der Waals surface area contributed by atoms with Gasteiger partial charge in [0.05, 0.1) is 5.97 Å². The van der Waals surface area contributed by atoms with Crippen molar-refractivity contribution in [2.75, 3.05) is 0 Å². The van der Waals surface area contributed by atoms with Gasteiger partial charge in [0.15, 0.2) is 0 Å². The smallest absolute Gasteiger partial charge is 0.548 e. The van der Waals surface area contributed by atoms with Crippen LogP contribution in [0.4, 0.5) is 0 Å². The second-order valence-electron chi connectivity index (χ2n) is 1.56. The van der Waals surface area contributed by atoms with Gasteiger partial charge in [-0.25, -0.2) is 0 Å². The zero-order valence-electron chi connectivity index (χ0n) is 6.59. The van der Waals surface area contributed by atoms with Crippen LogP contribution in [0, 0.1) is 0 Å². The largest absolute Gasteiger partial charge is 1.00 e. The molecule has 0 saturated carbocycles. The molecule has 0 unspecified atom stereocenters. The van der Waals surface area contributed by atoms with Crippen LogP contribution in [0.25, 0.3) is 0 Å². The van der Waals surface area contributed by atoms with E-state index >= 15 is 0 Å². The molecule has 0 radical (unpaired) electrons. The summed E-state index contributed by atoms with van der Waals surface area (Å²) in [6.07, 6.45) is 0. The minimum atomic E-state index is -4.67. The molecule has 0 bridgehead atoms. The Morgan fingerprint density at radius 3 is 1.58 bits per heavy atom. The second-order valence-corrected chi connectivity index (χ2v) is 2.45. The molecule has 0 fully saturated rings. The summed E-state index contributed by atoms with van der Waals surface area (Å²) in [5.41, 5.74) is 4.77. The third-order valence-electron chi connectivity index (χ3n) is 0.372. The Kier molecular flexibility index (Phi) is 13.3. The van der Waals surface area contributed by atoms with E-state index in [4.69, 9.17) is 23.3 Å². The number of nitrogens with two attached hydrogens (primary N) is 1. The Hall–Kier alpha value is 0.936. The summed E-state index contributed by atoms with van der Waals surface area (Å²) in [7, 11) is -4.67. The molecule has 4 N–H and O–H groups in total. The van der Waals surface area contributed by atoms with Gasteiger partial charge in [-0.05, 0) is 6.92 Å². The van der Waals surface area contributed by atoms with Crippen LogP contribution in [-0.2, 0) is 15.2 Å². The summed E-state index contributed by atoms with van der Waals surface area (Å²) in [5.74, 6) is -1.21. The molecule has 0 aromatic rings. The molecular weight excluding hydrogens is 217 g/mol. The number of carboxylic acid groups (broad SMARTS) is 1. The fourth-order valence-electron chi connectivity index (χ4n) is 0. The normalized spacial score (nSPS) is 11.7. The summed E-state index contributed by atoms with van der Waals surface area (Å²) in [5, 5.41) is 9.46. The molecule has 0 rings (SSSR count). The van der Waals surface area contributed by atoms with E-state index in [1.807, 2.05) is 0 Å². The van der Waals surface area contributed by atoms with Crippen molar-refractivity contribution in [1.82, 2.24) is 0 Å². The van der Waals surface area contributed by atoms with Gasteiger partial charge in [-0.15, -0.1) is 0 Å². The minimum absolute atomic E-state index is 0. The maximum absolute atomic E-state index is 9.46. The van der Waals surface area contributed by atoms with E-state index < -0.39 is 22.4 Å². The van der Waals surface area contributed by atoms with Crippen LogP contribution in [0.15, 0.2) is 0 Å². The second kappa shape index (κ2) is 8.53. The van der Waals surface area contributed by atoms with Gasteiger partial charge in [0.1, 0.15) is 0 Å². The van der Waals surface area contributed by atoms with E-state index in [2.05, 4.69) is 0 Å². The molecule has 0 aromatic carbocycles. The van der Waals surface area contributed by atoms with E-state index in [0.29, 0.717) is 0 Å². The Balaban J connectivity index is -0.000000126. The fourth-order valence-corrected chi connectivity index (χ4v) is 0. The monoisotopic (exact) mass is 225 g/mol. The number of carboxylic acids is 1. The first-order valence-corrected chi connectivity index (χ1v) is 3.70. The van der Waals surface area contributed by atoms with Gasteiger partial charge in [-0.3, -0.25) is 9.11 Å². The summed E-state index contributed by atoms with van der Waals surface area (Å²) in [6.45, 7) is 1.36. The summed E-state index contributed by atoms with van der Waals surface area (Å²) in [4.78, 5) is 9.46. The number of carbonyl (C=O) groups is 1. The van der Waals surface area contributed by atoms with E-state index in [9.17, 15) is 9.90 Å². The van der Waals surface area contributed by atoms with Crippen molar-refractivity contribution >= 4 is 16.4 Å². The number of hydrogen-bond donors (Lipinski definition) is 3. The molecule has 7 nitrogen and oxygen atoms in total. The van der Waals surface area contributed by atoms with Crippen molar-refractivity contribution < 1.29 is 78.8 Å². The molecule has 68 valence electrons. The number of carbonyl (C=O) groups excluding carboxylic acids is 1. The molecule has 0 aromatic heterocycles. The van der Waals surface area contributed by atoms with Gasteiger partial charge in [-0.1, -0.05) is 0 Å². The average Bonchev–Trinajstić information content (AvgIpc) is 1.59. The third kappa shape index (κ3) is 44.3. The van der Waals surface area contributed by atoms with E-state index in [0.717, 1.165) is 0 Å². The van der Waals surface area contributed by atoms with E-state index in [1.165, 1.54) is 6.92 Å². The van der Waals surface area contributed by atoms with Crippen LogP contribution in [0.1, 0.15) is 6.92 Å². The van der Waals surface area contributed by atoms with Crippen LogP contribution >= 0.6 is 0 Å². The van der Waals surface area contributed by atoms with Gasteiger partial charge in [0, 0.05) is 6.04 Å². The van der Waals surface area contributed by atoms with Gasteiger partial charge in [0.25, 0.3) is 0 Å². The van der Waals surface area contributed by atoms with Crippen molar-refractivity contribution in [1.29, 1.82) is 0 Å². The summed E-state index contributed by atoms with van der Waals surface area (Å²) >= 11 is 0. The van der Waals surface area contributed by atoms with Crippen LogP contribution in [0.2, 0.25) is 0 Å². The average molecular weight is 225 g/mol. The fraction of sp³-hybridized carbons (Fsp3) is 0.667. The SMILES string of the molecule is C[C@H](N)C(=O)[O-].O=S(=O)(O)O.[K+]. The predicted octanol–water partition coefficient (Wildman–Crippen LogP) is -5.57. The zero-order valence-corrected chi connectivity index (χ0v) is 10.5. The van der Waals surface area contributed by atoms with Crippen LogP contribution in [0.3, 0.4) is 0 Å². The number of hydrogen-bond acceptors (Lipinski definition) is 5. The van der Waals surface area contributed by atoms with Crippen molar-refractivity contribution in [3.63, 3.8) is 0 Å². The Labute approximate surface area is 112 Å². The first-order chi connectivity index (χ1) is 4.64. The van der Waals surface area contributed by atoms with Crippen LogP contribution in [0.5, 0.6) is 0 Å². The predicted molar refractivity (Wildman–Crippen MR) is 32.8 cm³/mol. The standard InChI is InChI=1S/C3H7NO2.K.H2O4S/c1-2(4)3(5)6;;1-5(2,3)4/h2H,4H2,1H3,(H,5,6);;(H2,1,2,3,4)/q;+1;/p-1/t2-;;/m0../s1. The topological polar surface area (TPSA) is 141 Å². The molecule has 0 aliphatic carbocycles. The molecule has 0 saturated heterocycles. The van der Waals surface area contributed by atoms with Gasteiger partial charge in [0.2, 0.25) is 0 Å². The molecule has 0 aliphatic rings. The molecular formula is C3H8KNO6S. The Morgan fingerprint density at radius 2 is 1.58 bits per heavy atom. The van der Waals surface area contributed by atoms with Crippen molar-refractivity contribution in [3.8, 4) is 0 Å². The quantitative estimate of drug-likeness (QED) is 0.298. The molecule has 12 heavy (non-hydrogen) atoms. The molecule has 1 atom stereocenters. The van der Waals surface area contributed by atoms with E-state index in [-0.39, 0.29) is 51.4 Å². The summed E-state index contributed by atoms with van der Waals surface area (Å²) in [6, 6.07) is -0.843. The first-order valence-electron chi connectivity index (χ1n) is 2.31. The van der Waals surface area contributed by atoms with E-state index in [1.54, 1.807) is 0 Å². The van der Waals surface area contributed by atoms with Gasteiger partial charge < -0.3 is 15.6 Å². The molecule has 0 aliphatic heterocycles. The van der Waals surface area contributed by atoms with Gasteiger partial charge >= 0.3 is 61.8 Å². The van der Waals surface area contributed by atoms with Crippen LogP contribution in [-0.4, -0.2) is 29.5 Å². The number of rotatable bonds is 1.